The first-order valence-corrected chi connectivity index (χ1v) is 9.95. The lowest BCUT2D eigenvalue weighted by Crippen LogP contribution is -2.04. The van der Waals surface area contributed by atoms with E-state index < -0.39 is 0 Å². The lowest BCUT2D eigenvalue weighted by Gasteiger charge is -2.06. The zero-order chi connectivity index (χ0) is 16.3. The molecule has 0 saturated heterocycles. The van der Waals surface area contributed by atoms with Gasteiger partial charge in [0.25, 0.3) is 0 Å². The lowest BCUT2D eigenvalue weighted by atomic mass is 10.0. The van der Waals surface area contributed by atoms with Crippen molar-refractivity contribution < 1.29 is 5.11 Å². The Labute approximate surface area is 140 Å². The van der Waals surface area contributed by atoms with E-state index in [4.69, 9.17) is 0 Å². The molecule has 1 atom stereocenters. The Morgan fingerprint density at radius 3 is 1.73 bits per heavy atom. The number of aliphatic hydroxyl groups is 1. The van der Waals surface area contributed by atoms with Crippen molar-refractivity contribution in [1.29, 1.82) is 0 Å². The average molecular weight is 309 g/mol. The van der Waals surface area contributed by atoms with E-state index in [0.717, 1.165) is 19.3 Å². The molecule has 0 fully saturated rings. The fourth-order valence-electron chi connectivity index (χ4n) is 2.71. The Kier molecular flexibility index (Phi) is 18.2. The van der Waals surface area contributed by atoms with Crippen LogP contribution in [0.2, 0.25) is 0 Å². The first kappa shape index (κ1) is 21.5. The molecule has 0 aromatic heterocycles. The molecule has 0 bridgehead atoms. The van der Waals surface area contributed by atoms with Crippen LogP contribution in [0, 0.1) is 11.8 Å². The number of aliphatic hydroxyl groups excluding tert-OH is 1. The van der Waals surface area contributed by atoms with Crippen molar-refractivity contribution in [3.63, 3.8) is 0 Å². The molecule has 1 nitrogen and oxygen atoms in total. The highest BCUT2D eigenvalue weighted by Crippen LogP contribution is 2.12. The van der Waals surface area contributed by atoms with E-state index in [9.17, 15) is 5.11 Å². The smallest absolute Gasteiger partial charge is 0.0649 e. The quantitative estimate of drug-likeness (QED) is 0.266. The van der Waals surface area contributed by atoms with Crippen LogP contribution in [0.15, 0.2) is 0 Å². The minimum Gasteiger partial charge on any atom is -0.392 e. The topological polar surface area (TPSA) is 20.2 Å². The summed E-state index contributed by atoms with van der Waals surface area (Å²) in [5.74, 6) is 6.34. The monoisotopic (exact) mass is 308 g/mol. The van der Waals surface area contributed by atoms with E-state index in [1.54, 1.807) is 0 Å². The lowest BCUT2D eigenvalue weighted by molar-refractivity contribution is 0.166. The highest BCUT2D eigenvalue weighted by Gasteiger charge is 2.01. The van der Waals surface area contributed by atoms with E-state index in [1.165, 1.54) is 77.0 Å². The molecule has 130 valence electrons. The van der Waals surface area contributed by atoms with Gasteiger partial charge in [0.05, 0.1) is 6.10 Å². The second-order valence-corrected chi connectivity index (χ2v) is 6.64. The van der Waals surface area contributed by atoms with E-state index in [0.29, 0.717) is 6.42 Å². The van der Waals surface area contributed by atoms with Crippen LogP contribution in [-0.4, -0.2) is 11.2 Å². The normalized spacial score (nSPS) is 12.0. The Morgan fingerprint density at radius 2 is 1.14 bits per heavy atom. The number of hydrogen-bond donors (Lipinski definition) is 1. The van der Waals surface area contributed by atoms with Gasteiger partial charge in [-0.3, -0.25) is 0 Å². The molecule has 0 aliphatic rings. The van der Waals surface area contributed by atoms with Gasteiger partial charge in [0, 0.05) is 12.8 Å². The van der Waals surface area contributed by atoms with Crippen LogP contribution in [0.1, 0.15) is 117 Å². The maximum absolute atomic E-state index is 9.89. The third-order valence-corrected chi connectivity index (χ3v) is 4.26. The number of rotatable bonds is 15. The van der Waals surface area contributed by atoms with Crippen LogP contribution in [0.5, 0.6) is 0 Å². The molecule has 0 heterocycles. The molecule has 0 aromatic rings. The second kappa shape index (κ2) is 18.6. The molecular weight excluding hydrogens is 268 g/mol. The standard InChI is InChI=1S/C21H40O/c1-3-5-7-9-11-12-14-16-18-20-21(22)19-17-15-13-10-8-6-4-2/h21-22H,3-14,16,18-20H2,1-2H3/t21-/m1/s1. The first-order valence-electron chi connectivity index (χ1n) is 9.95. The summed E-state index contributed by atoms with van der Waals surface area (Å²) in [6, 6.07) is 0. The average Bonchev–Trinajstić information content (AvgIpc) is 2.52. The summed E-state index contributed by atoms with van der Waals surface area (Å²) in [5.41, 5.74) is 0. The van der Waals surface area contributed by atoms with Gasteiger partial charge in [-0.2, -0.15) is 0 Å². The zero-order valence-corrected chi connectivity index (χ0v) is 15.3. The van der Waals surface area contributed by atoms with Crippen molar-refractivity contribution in [3.05, 3.63) is 0 Å². The third-order valence-electron chi connectivity index (χ3n) is 4.26. The summed E-state index contributed by atoms with van der Waals surface area (Å²) < 4.78 is 0. The molecule has 0 aliphatic carbocycles. The van der Waals surface area contributed by atoms with E-state index >= 15 is 0 Å². The van der Waals surface area contributed by atoms with Crippen LogP contribution >= 0.6 is 0 Å². The van der Waals surface area contributed by atoms with Crippen LogP contribution in [0.3, 0.4) is 0 Å². The molecule has 0 radical (unpaired) electrons. The molecule has 0 rings (SSSR count). The van der Waals surface area contributed by atoms with Crippen LogP contribution < -0.4 is 0 Å². The van der Waals surface area contributed by atoms with Gasteiger partial charge in [0.15, 0.2) is 0 Å². The van der Waals surface area contributed by atoms with Gasteiger partial charge in [0.1, 0.15) is 0 Å². The van der Waals surface area contributed by atoms with Gasteiger partial charge in [-0.25, -0.2) is 0 Å². The van der Waals surface area contributed by atoms with Crippen molar-refractivity contribution in [2.45, 2.75) is 123 Å². The molecule has 0 amide bonds. The number of hydrogen-bond acceptors (Lipinski definition) is 1. The minimum absolute atomic E-state index is 0.201. The highest BCUT2D eigenvalue weighted by molar-refractivity contribution is 5.00. The Bertz CT molecular complexity index is 261. The van der Waals surface area contributed by atoms with Crippen LogP contribution in [0.4, 0.5) is 0 Å². The van der Waals surface area contributed by atoms with Crippen molar-refractivity contribution in [3.8, 4) is 11.8 Å². The molecule has 0 spiro atoms. The van der Waals surface area contributed by atoms with Crippen molar-refractivity contribution in [2.75, 3.05) is 0 Å². The van der Waals surface area contributed by atoms with Gasteiger partial charge < -0.3 is 5.11 Å². The molecule has 0 unspecified atom stereocenters. The predicted molar refractivity (Wildman–Crippen MR) is 99.0 cm³/mol. The summed E-state index contributed by atoms with van der Waals surface area (Å²) in [6.45, 7) is 4.50. The Hall–Kier alpha value is -0.480. The summed E-state index contributed by atoms with van der Waals surface area (Å²) in [4.78, 5) is 0. The van der Waals surface area contributed by atoms with E-state index in [2.05, 4.69) is 25.7 Å². The van der Waals surface area contributed by atoms with Gasteiger partial charge in [-0.05, 0) is 12.8 Å². The largest absolute Gasteiger partial charge is 0.392 e. The second-order valence-electron chi connectivity index (χ2n) is 6.64. The molecule has 0 saturated carbocycles. The van der Waals surface area contributed by atoms with Gasteiger partial charge in [-0.1, -0.05) is 90.9 Å². The minimum atomic E-state index is -0.201. The highest BCUT2D eigenvalue weighted by atomic mass is 16.3. The summed E-state index contributed by atoms with van der Waals surface area (Å²) in [7, 11) is 0. The molecule has 22 heavy (non-hydrogen) atoms. The molecular formula is C21H40O. The van der Waals surface area contributed by atoms with E-state index in [1.807, 2.05) is 0 Å². The zero-order valence-electron chi connectivity index (χ0n) is 15.3. The maximum atomic E-state index is 9.89. The molecule has 1 N–H and O–H groups in total. The van der Waals surface area contributed by atoms with Gasteiger partial charge >= 0.3 is 0 Å². The number of unbranched alkanes of at least 4 members (excludes halogenated alkanes) is 12. The Morgan fingerprint density at radius 1 is 0.636 bits per heavy atom. The van der Waals surface area contributed by atoms with E-state index in [-0.39, 0.29) is 6.10 Å². The maximum Gasteiger partial charge on any atom is 0.0649 e. The van der Waals surface area contributed by atoms with Crippen molar-refractivity contribution in [2.24, 2.45) is 0 Å². The van der Waals surface area contributed by atoms with Crippen molar-refractivity contribution in [1.82, 2.24) is 0 Å². The fourth-order valence-corrected chi connectivity index (χ4v) is 2.71. The Balaban J connectivity index is 3.25. The van der Waals surface area contributed by atoms with Crippen LogP contribution in [0.25, 0.3) is 0 Å². The fraction of sp³-hybridized carbons (Fsp3) is 0.905. The summed E-state index contributed by atoms with van der Waals surface area (Å²) >= 11 is 0. The van der Waals surface area contributed by atoms with Gasteiger partial charge in [0.2, 0.25) is 0 Å². The summed E-state index contributed by atoms with van der Waals surface area (Å²) in [5, 5.41) is 9.89. The summed E-state index contributed by atoms with van der Waals surface area (Å²) in [6.07, 6.45) is 19.6. The van der Waals surface area contributed by atoms with Crippen LogP contribution in [-0.2, 0) is 0 Å². The molecule has 0 aromatic carbocycles. The SMILES string of the molecule is CCCCCCC#CC[C@@H](O)CCCCCCCCCCC. The molecule has 1 heteroatoms. The van der Waals surface area contributed by atoms with Crippen molar-refractivity contribution >= 4 is 0 Å². The molecule has 0 aliphatic heterocycles. The predicted octanol–water partition coefficient (Wildman–Crippen LogP) is 6.63. The first-order chi connectivity index (χ1) is 10.8. The third kappa shape index (κ3) is 17.6. The van der Waals surface area contributed by atoms with Gasteiger partial charge in [-0.15, -0.1) is 11.8 Å².